The number of hydrogen-bond donors (Lipinski definition) is 1. The Morgan fingerprint density at radius 3 is 2.73 bits per heavy atom. The molecule has 0 fully saturated rings. The quantitative estimate of drug-likeness (QED) is 0.582. The molecule has 0 radical (unpaired) electrons. The standard InChI is InChI=1S/C13H8O2/c14-12-9-5-4-8-11(12)13(15)10-6-2-1-3-7-10/h1-2,4-6,8-9,14H. The molecule has 0 saturated carbocycles. The lowest BCUT2D eigenvalue weighted by Crippen LogP contribution is -2.01. The van der Waals surface area contributed by atoms with Gasteiger partial charge in [0.05, 0.1) is 11.1 Å². The second kappa shape index (κ2) is 3.85. The first-order chi connectivity index (χ1) is 7.29. The predicted octanol–water partition coefficient (Wildman–Crippen LogP) is 2.38. The van der Waals surface area contributed by atoms with Crippen LogP contribution in [0, 0.1) is 0 Å². The molecular weight excluding hydrogens is 188 g/mol. The van der Waals surface area contributed by atoms with Crippen molar-refractivity contribution < 1.29 is 9.90 Å². The van der Waals surface area contributed by atoms with Crippen molar-refractivity contribution in [1.29, 1.82) is 0 Å². The van der Waals surface area contributed by atoms with Crippen LogP contribution in [0.4, 0.5) is 0 Å². The van der Waals surface area contributed by atoms with Crippen LogP contribution in [0.1, 0.15) is 10.4 Å². The Hall–Kier alpha value is -2.27. The number of allylic oxidation sites excluding steroid dienone is 4. The molecule has 0 heterocycles. The molecule has 0 amide bonds. The van der Waals surface area contributed by atoms with Crippen LogP contribution in [0.15, 0.2) is 59.5 Å². The molecule has 15 heavy (non-hydrogen) atoms. The number of para-hydroxylation sites is 1. The van der Waals surface area contributed by atoms with E-state index in [0.29, 0.717) is 5.57 Å². The van der Waals surface area contributed by atoms with Gasteiger partial charge in [0.15, 0.2) is 0 Å². The van der Waals surface area contributed by atoms with E-state index in [-0.39, 0.29) is 17.1 Å². The maximum atomic E-state index is 11.9. The molecule has 72 valence electrons. The summed E-state index contributed by atoms with van der Waals surface area (Å²) in [5, 5.41) is 9.50. The Morgan fingerprint density at radius 1 is 1.27 bits per heavy atom. The van der Waals surface area contributed by atoms with Gasteiger partial charge in [0.2, 0.25) is 5.78 Å². The molecule has 2 nitrogen and oxygen atoms in total. The summed E-state index contributed by atoms with van der Waals surface area (Å²) in [6, 6.07) is 6.45. The molecule has 0 aromatic heterocycles. The zero-order valence-corrected chi connectivity index (χ0v) is 7.90. The average Bonchev–Trinajstić information content (AvgIpc) is 2.30. The monoisotopic (exact) mass is 196 g/mol. The zero-order chi connectivity index (χ0) is 10.7. The molecular formula is C13H8O2. The summed E-state index contributed by atoms with van der Waals surface area (Å²) >= 11 is 0. The van der Waals surface area contributed by atoms with Crippen LogP contribution in [-0.4, -0.2) is 10.9 Å². The van der Waals surface area contributed by atoms with E-state index in [1.165, 1.54) is 6.07 Å². The van der Waals surface area contributed by atoms with E-state index in [2.05, 4.69) is 11.5 Å². The summed E-state index contributed by atoms with van der Waals surface area (Å²) in [7, 11) is 0. The van der Waals surface area contributed by atoms with E-state index in [0.717, 1.165) is 0 Å². The number of ketones is 1. The average molecular weight is 196 g/mol. The van der Waals surface area contributed by atoms with Crippen molar-refractivity contribution in [3.05, 3.63) is 65.1 Å². The molecule has 0 spiro atoms. The molecule has 0 bridgehead atoms. The number of aromatic hydroxyl groups is 1. The number of phenolic OH excluding ortho intramolecular Hbond substituents is 1. The third-order valence-electron chi connectivity index (χ3n) is 2.04. The molecule has 2 rings (SSSR count). The highest BCUT2D eigenvalue weighted by molar-refractivity contribution is 6.12. The molecule has 1 aliphatic carbocycles. The summed E-state index contributed by atoms with van der Waals surface area (Å²) in [6.07, 6.45) is 5.02. The number of hydrogen-bond acceptors (Lipinski definition) is 2. The SMILES string of the molecule is O=C(C1=C=C=CC=C1)c1ccccc1O. The highest BCUT2D eigenvalue weighted by atomic mass is 16.3. The number of carbonyl (C=O) groups is 1. The Balaban J connectivity index is 2.46. The minimum Gasteiger partial charge on any atom is -0.507 e. The van der Waals surface area contributed by atoms with Crippen molar-refractivity contribution in [2.75, 3.05) is 0 Å². The van der Waals surface area contributed by atoms with Gasteiger partial charge >= 0.3 is 0 Å². The van der Waals surface area contributed by atoms with Crippen LogP contribution in [0.3, 0.4) is 0 Å². The van der Waals surface area contributed by atoms with Gasteiger partial charge in [-0.3, -0.25) is 4.79 Å². The zero-order valence-electron chi connectivity index (χ0n) is 7.90. The van der Waals surface area contributed by atoms with Crippen molar-refractivity contribution in [1.82, 2.24) is 0 Å². The van der Waals surface area contributed by atoms with Crippen LogP contribution in [0.25, 0.3) is 0 Å². The van der Waals surface area contributed by atoms with Crippen molar-refractivity contribution in [2.45, 2.75) is 0 Å². The lowest BCUT2D eigenvalue weighted by Gasteiger charge is -2.02. The number of Topliss-reactive ketones (excluding diaryl/α,β-unsaturated/α-hetero) is 1. The summed E-state index contributed by atoms with van der Waals surface area (Å²) < 4.78 is 0. The van der Waals surface area contributed by atoms with Crippen LogP contribution < -0.4 is 0 Å². The fourth-order valence-corrected chi connectivity index (χ4v) is 1.30. The maximum absolute atomic E-state index is 11.9. The number of phenols is 1. The van der Waals surface area contributed by atoms with Crippen molar-refractivity contribution in [3.63, 3.8) is 0 Å². The third kappa shape index (κ3) is 1.82. The second-order valence-corrected chi connectivity index (χ2v) is 3.06. The van der Waals surface area contributed by atoms with E-state index in [1.54, 1.807) is 36.4 Å². The van der Waals surface area contributed by atoms with Crippen LogP contribution in [-0.2, 0) is 0 Å². The highest BCUT2D eigenvalue weighted by Crippen LogP contribution is 2.19. The Labute approximate surface area is 87.2 Å². The predicted molar refractivity (Wildman–Crippen MR) is 56.7 cm³/mol. The number of rotatable bonds is 2. The van der Waals surface area contributed by atoms with Gasteiger partial charge in [0.25, 0.3) is 0 Å². The minimum absolute atomic E-state index is 0.0141. The van der Waals surface area contributed by atoms with E-state index in [9.17, 15) is 9.90 Å². The first-order valence-corrected chi connectivity index (χ1v) is 4.50. The Kier molecular flexibility index (Phi) is 2.38. The first-order valence-electron chi connectivity index (χ1n) is 4.50. The smallest absolute Gasteiger partial charge is 0.205 e. The van der Waals surface area contributed by atoms with Gasteiger partial charge in [-0.05, 0) is 24.3 Å². The molecule has 1 aromatic rings. The van der Waals surface area contributed by atoms with Gasteiger partial charge < -0.3 is 5.11 Å². The highest BCUT2D eigenvalue weighted by Gasteiger charge is 2.13. The van der Waals surface area contributed by atoms with E-state index >= 15 is 0 Å². The minimum atomic E-state index is -0.245. The van der Waals surface area contributed by atoms with Crippen LogP contribution >= 0.6 is 0 Å². The topological polar surface area (TPSA) is 37.3 Å². The molecule has 2 heteroatoms. The Morgan fingerprint density at radius 2 is 2.07 bits per heavy atom. The van der Waals surface area contributed by atoms with Gasteiger partial charge in [0, 0.05) is 0 Å². The third-order valence-corrected chi connectivity index (χ3v) is 2.04. The van der Waals surface area contributed by atoms with Gasteiger partial charge in [-0.25, -0.2) is 0 Å². The number of benzene rings is 1. The van der Waals surface area contributed by atoms with Crippen LogP contribution in [0.5, 0.6) is 5.75 Å². The van der Waals surface area contributed by atoms with E-state index in [4.69, 9.17) is 0 Å². The maximum Gasteiger partial charge on any atom is 0.205 e. The largest absolute Gasteiger partial charge is 0.507 e. The molecule has 0 aliphatic heterocycles. The molecule has 1 aliphatic rings. The van der Waals surface area contributed by atoms with Gasteiger partial charge in [-0.2, -0.15) is 0 Å². The molecule has 0 atom stereocenters. The van der Waals surface area contributed by atoms with Gasteiger partial charge in [-0.1, -0.05) is 29.7 Å². The summed E-state index contributed by atoms with van der Waals surface area (Å²) in [6.45, 7) is 0. The first kappa shape index (κ1) is 9.29. The molecule has 0 saturated heterocycles. The van der Waals surface area contributed by atoms with Crippen molar-refractivity contribution in [3.8, 4) is 5.75 Å². The van der Waals surface area contributed by atoms with Crippen LogP contribution in [0.2, 0.25) is 0 Å². The van der Waals surface area contributed by atoms with Gasteiger partial charge in [0.1, 0.15) is 5.75 Å². The summed E-state index contributed by atoms with van der Waals surface area (Å²) in [4.78, 5) is 11.9. The molecule has 0 unspecified atom stereocenters. The summed E-state index contributed by atoms with van der Waals surface area (Å²) in [5.41, 5.74) is 6.10. The molecule has 1 aromatic carbocycles. The van der Waals surface area contributed by atoms with Crippen molar-refractivity contribution >= 4 is 5.78 Å². The fraction of sp³-hybridized carbons (Fsp3) is 0. The lowest BCUT2D eigenvalue weighted by atomic mass is 10.0. The molecule has 1 N–H and O–H groups in total. The van der Waals surface area contributed by atoms with E-state index in [1.807, 2.05) is 0 Å². The summed E-state index contributed by atoms with van der Waals surface area (Å²) in [5.74, 6) is -0.260. The normalized spacial score (nSPS) is 12.7. The van der Waals surface area contributed by atoms with E-state index < -0.39 is 0 Å². The van der Waals surface area contributed by atoms with Crippen molar-refractivity contribution in [2.24, 2.45) is 0 Å². The Bertz CT molecular complexity index is 537. The second-order valence-electron chi connectivity index (χ2n) is 3.06. The fourth-order valence-electron chi connectivity index (χ4n) is 1.30. The lowest BCUT2D eigenvalue weighted by molar-refractivity contribution is 0.103. The number of carbonyl (C=O) groups excluding carboxylic acids is 1. The van der Waals surface area contributed by atoms with Gasteiger partial charge in [-0.15, -0.1) is 0 Å².